The molecule has 0 radical (unpaired) electrons. The third-order valence-electron chi connectivity index (χ3n) is 5.60. The molecule has 34 heavy (non-hydrogen) atoms. The van der Waals surface area contributed by atoms with Crippen molar-refractivity contribution in [3.8, 4) is 34.0 Å². The minimum absolute atomic E-state index is 0.210. The van der Waals surface area contributed by atoms with Crippen LogP contribution in [0.25, 0.3) is 22.5 Å². The Morgan fingerprint density at radius 2 is 1.62 bits per heavy atom. The Bertz CT molecular complexity index is 1380. The summed E-state index contributed by atoms with van der Waals surface area (Å²) in [6.07, 6.45) is 1.95. The lowest BCUT2D eigenvalue weighted by Gasteiger charge is -2.17. The van der Waals surface area contributed by atoms with E-state index in [2.05, 4.69) is 5.32 Å². The SMILES string of the molecule is COc1ccc(-c2cccc(-c3ccc(NC(=O)C4=COc5ccc(Cl)cc5C4)cc3)n2)cc1. The van der Waals surface area contributed by atoms with Gasteiger partial charge in [0.1, 0.15) is 17.8 Å². The Hall–Kier alpha value is -4.09. The summed E-state index contributed by atoms with van der Waals surface area (Å²) < 4.78 is 10.8. The maximum atomic E-state index is 12.8. The Kier molecular flexibility index (Phi) is 6.02. The van der Waals surface area contributed by atoms with Gasteiger partial charge in [-0.2, -0.15) is 0 Å². The van der Waals surface area contributed by atoms with Crippen molar-refractivity contribution in [1.82, 2.24) is 4.98 Å². The fraction of sp³-hybridized carbons (Fsp3) is 0.0714. The lowest BCUT2D eigenvalue weighted by molar-refractivity contribution is -0.113. The van der Waals surface area contributed by atoms with E-state index in [0.717, 1.165) is 39.6 Å². The maximum Gasteiger partial charge on any atom is 0.255 e. The van der Waals surface area contributed by atoms with Crippen LogP contribution in [0.1, 0.15) is 5.56 Å². The molecule has 4 aromatic rings. The molecule has 0 saturated heterocycles. The monoisotopic (exact) mass is 468 g/mol. The largest absolute Gasteiger partial charge is 0.497 e. The van der Waals surface area contributed by atoms with Crippen molar-refractivity contribution < 1.29 is 14.3 Å². The molecule has 5 rings (SSSR count). The van der Waals surface area contributed by atoms with E-state index in [4.69, 9.17) is 26.1 Å². The molecule has 0 unspecified atom stereocenters. The first-order chi connectivity index (χ1) is 16.6. The van der Waals surface area contributed by atoms with Gasteiger partial charge in [-0.1, -0.05) is 29.8 Å². The number of aromatic nitrogens is 1. The standard InChI is InChI=1S/C28H21ClN2O3/c1-33-24-12-7-19(8-13-24)26-4-2-3-25(31-26)18-5-10-23(11-6-18)30-28(32)21-15-20-16-22(29)9-14-27(20)34-17-21/h2-14,16-17H,15H2,1H3,(H,30,32). The summed E-state index contributed by atoms with van der Waals surface area (Å²) in [7, 11) is 1.65. The van der Waals surface area contributed by atoms with E-state index in [-0.39, 0.29) is 5.91 Å². The van der Waals surface area contributed by atoms with Crippen LogP contribution in [0.5, 0.6) is 11.5 Å². The van der Waals surface area contributed by atoms with Gasteiger partial charge in [0.15, 0.2) is 0 Å². The molecule has 2 heterocycles. The second kappa shape index (κ2) is 9.41. The number of carbonyl (C=O) groups excluding carboxylic acids is 1. The number of fused-ring (bicyclic) bond motifs is 1. The zero-order chi connectivity index (χ0) is 23.5. The molecule has 0 bridgehead atoms. The number of benzene rings is 3. The van der Waals surface area contributed by atoms with Crippen LogP contribution in [-0.4, -0.2) is 18.0 Å². The zero-order valence-corrected chi connectivity index (χ0v) is 19.2. The highest BCUT2D eigenvalue weighted by Gasteiger charge is 2.19. The first-order valence-electron chi connectivity index (χ1n) is 10.8. The van der Waals surface area contributed by atoms with E-state index >= 15 is 0 Å². The number of nitrogens with zero attached hydrogens (tertiary/aromatic N) is 1. The Morgan fingerprint density at radius 3 is 2.29 bits per heavy atom. The van der Waals surface area contributed by atoms with E-state index in [1.165, 1.54) is 6.26 Å². The minimum Gasteiger partial charge on any atom is -0.497 e. The molecule has 0 atom stereocenters. The van der Waals surface area contributed by atoms with E-state index < -0.39 is 0 Å². The first-order valence-corrected chi connectivity index (χ1v) is 11.1. The van der Waals surface area contributed by atoms with Gasteiger partial charge in [-0.15, -0.1) is 0 Å². The Labute approximate surface area is 202 Å². The molecule has 1 aromatic heterocycles. The summed E-state index contributed by atoms with van der Waals surface area (Å²) in [4.78, 5) is 17.5. The van der Waals surface area contributed by atoms with Crippen molar-refractivity contribution in [2.45, 2.75) is 6.42 Å². The topological polar surface area (TPSA) is 60.5 Å². The summed E-state index contributed by atoms with van der Waals surface area (Å²) in [6.45, 7) is 0. The third-order valence-corrected chi connectivity index (χ3v) is 5.83. The van der Waals surface area contributed by atoms with Crippen LogP contribution in [0.4, 0.5) is 5.69 Å². The molecule has 1 aliphatic rings. The van der Waals surface area contributed by atoms with Crippen molar-refractivity contribution in [2.24, 2.45) is 0 Å². The number of ether oxygens (including phenoxy) is 2. The van der Waals surface area contributed by atoms with Crippen molar-refractivity contribution in [2.75, 3.05) is 12.4 Å². The fourth-order valence-corrected chi connectivity index (χ4v) is 3.96. The number of halogens is 1. The molecule has 0 fully saturated rings. The second-order valence-corrected chi connectivity index (χ2v) is 8.29. The minimum atomic E-state index is -0.210. The number of pyridine rings is 1. The molecule has 0 aliphatic carbocycles. The summed E-state index contributed by atoms with van der Waals surface area (Å²) in [5.74, 6) is 1.31. The summed E-state index contributed by atoms with van der Waals surface area (Å²) >= 11 is 6.07. The molecule has 5 nitrogen and oxygen atoms in total. The number of amides is 1. The first kappa shape index (κ1) is 21.7. The fourth-order valence-electron chi connectivity index (χ4n) is 3.77. The number of nitrogens with one attached hydrogen (secondary N) is 1. The van der Waals surface area contributed by atoms with Crippen LogP contribution in [0, 0.1) is 0 Å². The zero-order valence-electron chi connectivity index (χ0n) is 18.4. The van der Waals surface area contributed by atoms with Gasteiger partial charge < -0.3 is 14.8 Å². The van der Waals surface area contributed by atoms with Gasteiger partial charge in [-0.05, 0) is 66.7 Å². The number of anilines is 1. The van der Waals surface area contributed by atoms with Gasteiger partial charge in [0.25, 0.3) is 5.91 Å². The average molecular weight is 469 g/mol. The molecule has 6 heteroatoms. The normalized spacial score (nSPS) is 12.2. The molecule has 1 amide bonds. The summed E-state index contributed by atoms with van der Waals surface area (Å²) in [5.41, 5.74) is 5.81. The van der Waals surface area contributed by atoms with E-state index in [1.54, 1.807) is 19.2 Å². The highest BCUT2D eigenvalue weighted by Crippen LogP contribution is 2.30. The average Bonchev–Trinajstić information content (AvgIpc) is 2.89. The molecule has 1 N–H and O–H groups in total. The number of hydrogen-bond acceptors (Lipinski definition) is 4. The lowest BCUT2D eigenvalue weighted by Crippen LogP contribution is -2.19. The predicted octanol–water partition coefficient (Wildman–Crippen LogP) is 6.54. The Morgan fingerprint density at radius 1 is 0.941 bits per heavy atom. The number of hydrogen-bond donors (Lipinski definition) is 1. The van der Waals surface area contributed by atoms with Crippen molar-refractivity contribution in [3.05, 3.63) is 107 Å². The maximum absolute atomic E-state index is 12.8. The summed E-state index contributed by atoms with van der Waals surface area (Å²) in [5, 5.41) is 3.55. The van der Waals surface area contributed by atoms with Gasteiger partial charge >= 0.3 is 0 Å². The van der Waals surface area contributed by atoms with Gasteiger partial charge in [-0.3, -0.25) is 4.79 Å². The van der Waals surface area contributed by atoms with Gasteiger partial charge in [0, 0.05) is 33.8 Å². The van der Waals surface area contributed by atoms with Gasteiger partial charge in [-0.25, -0.2) is 4.98 Å². The molecule has 168 valence electrons. The van der Waals surface area contributed by atoms with E-state index in [9.17, 15) is 4.79 Å². The van der Waals surface area contributed by atoms with Crippen LogP contribution in [-0.2, 0) is 11.2 Å². The van der Waals surface area contributed by atoms with Crippen molar-refractivity contribution in [1.29, 1.82) is 0 Å². The quantitative estimate of drug-likeness (QED) is 0.361. The number of carbonyl (C=O) groups is 1. The highest BCUT2D eigenvalue weighted by atomic mass is 35.5. The van der Waals surface area contributed by atoms with Crippen LogP contribution < -0.4 is 14.8 Å². The predicted molar refractivity (Wildman–Crippen MR) is 134 cm³/mol. The molecule has 0 saturated carbocycles. The molecule has 1 aliphatic heterocycles. The van der Waals surface area contributed by atoms with E-state index in [1.807, 2.05) is 72.8 Å². The smallest absolute Gasteiger partial charge is 0.255 e. The number of methoxy groups -OCH3 is 1. The third kappa shape index (κ3) is 4.65. The van der Waals surface area contributed by atoms with Crippen molar-refractivity contribution >= 4 is 23.2 Å². The Balaban J connectivity index is 1.29. The van der Waals surface area contributed by atoms with Crippen LogP contribution in [0.3, 0.4) is 0 Å². The van der Waals surface area contributed by atoms with Crippen LogP contribution in [0.15, 0.2) is 96.8 Å². The highest BCUT2D eigenvalue weighted by molar-refractivity contribution is 6.30. The molecular formula is C28H21ClN2O3. The van der Waals surface area contributed by atoms with Crippen LogP contribution >= 0.6 is 11.6 Å². The summed E-state index contributed by atoms with van der Waals surface area (Å²) in [6, 6.07) is 26.7. The van der Waals surface area contributed by atoms with Gasteiger partial charge in [0.2, 0.25) is 0 Å². The molecular weight excluding hydrogens is 448 g/mol. The lowest BCUT2D eigenvalue weighted by atomic mass is 10.0. The van der Waals surface area contributed by atoms with Gasteiger partial charge in [0.05, 0.1) is 24.1 Å². The second-order valence-electron chi connectivity index (χ2n) is 7.86. The van der Waals surface area contributed by atoms with Crippen LogP contribution in [0.2, 0.25) is 5.02 Å². The molecule has 0 spiro atoms. The van der Waals surface area contributed by atoms with E-state index in [0.29, 0.717) is 22.7 Å². The van der Waals surface area contributed by atoms with Crippen molar-refractivity contribution in [3.63, 3.8) is 0 Å². The molecule has 3 aromatic carbocycles. The number of rotatable bonds is 5.